The summed E-state index contributed by atoms with van der Waals surface area (Å²) in [6.07, 6.45) is 0.384. The number of nitrogens with one attached hydrogen (secondary N) is 1. The lowest BCUT2D eigenvalue weighted by Gasteiger charge is -2.14. The Hall–Kier alpha value is -2.15. The average molecular weight is 314 g/mol. The summed E-state index contributed by atoms with van der Waals surface area (Å²) in [4.78, 5) is 37.8. The molecular formula is C13H16ClN3O4. The van der Waals surface area contributed by atoms with Gasteiger partial charge in [-0.25, -0.2) is 9.78 Å². The van der Waals surface area contributed by atoms with E-state index in [1.807, 2.05) is 6.92 Å². The van der Waals surface area contributed by atoms with Crippen molar-refractivity contribution in [2.75, 3.05) is 0 Å². The van der Waals surface area contributed by atoms with Crippen molar-refractivity contribution in [1.82, 2.24) is 10.3 Å². The summed E-state index contributed by atoms with van der Waals surface area (Å²) in [5, 5.41) is 11.5. The van der Waals surface area contributed by atoms with Gasteiger partial charge in [0.1, 0.15) is 11.2 Å². The normalized spacial score (nSPS) is 11.7. The highest BCUT2D eigenvalue weighted by Crippen LogP contribution is 2.12. The topological polar surface area (TPSA) is 122 Å². The first kappa shape index (κ1) is 16.9. The number of halogens is 1. The van der Waals surface area contributed by atoms with Gasteiger partial charge in [0, 0.05) is 17.7 Å². The molecule has 0 aliphatic rings. The molecule has 0 aliphatic heterocycles. The molecule has 1 heterocycles. The number of aryl methyl sites for hydroxylation is 1. The van der Waals surface area contributed by atoms with Crippen molar-refractivity contribution in [1.29, 1.82) is 0 Å². The minimum Gasteiger partial charge on any atom is -0.480 e. The van der Waals surface area contributed by atoms with E-state index in [1.54, 1.807) is 0 Å². The Kier molecular flexibility index (Phi) is 6.10. The average Bonchev–Trinajstić information content (AvgIpc) is 2.41. The standard InChI is InChI=1S/C13H16ClN3O4/c1-2-8-5-7(6-10(14)16-8)12(19)17-9(13(20)21)3-4-11(15)18/h5-6,9H,2-4H2,1H3,(H2,15,18)(H,17,19)(H,20,21). The van der Waals surface area contributed by atoms with E-state index < -0.39 is 23.8 Å². The Labute approximate surface area is 126 Å². The van der Waals surface area contributed by atoms with Gasteiger partial charge >= 0.3 is 5.97 Å². The van der Waals surface area contributed by atoms with E-state index in [2.05, 4.69) is 10.3 Å². The fourth-order valence-corrected chi connectivity index (χ4v) is 1.88. The molecule has 114 valence electrons. The number of amides is 2. The first-order chi connectivity index (χ1) is 9.83. The van der Waals surface area contributed by atoms with E-state index in [1.165, 1.54) is 12.1 Å². The molecule has 1 unspecified atom stereocenters. The molecule has 0 spiro atoms. The zero-order valence-corrected chi connectivity index (χ0v) is 12.2. The molecule has 0 fully saturated rings. The van der Waals surface area contributed by atoms with Crippen molar-refractivity contribution in [3.8, 4) is 0 Å². The molecule has 0 radical (unpaired) electrons. The number of carbonyl (C=O) groups excluding carboxylic acids is 2. The fourth-order valence-electron chi connectivity index (χ4n) is 1.65. The van der Waals surface area contributed by atoms with E-state index in [0.717, 1.165) is 0 Å². The third kappa shape index (κ3) is 5.39. The molecule has 0 saturated carbocycles. The second-order valence-electron chi connectivity index (χ2n) is 4.39. The minimum atomic E-state index is -1.24. The highest BCUT2D eigenvalue weighted by Gasteiger charge is 2.21. The third-order valence-corrected chi connectivity index (χ3v) is 2.95. The van der Waals surface area contributed by atoms with Crippen LogP contribution in [0.15, 0.2) is 12.1 Å². The molecule has 4 N–H and O–H groups in total. The van der Waals surface area contributed by atoms with E-state index >= 15 is 0 Å². The fraction of sp³-hybridized carbons (Fsp3) is 0.385. The predicted molar refractivity (Wildman–Crippen MR) is 75.9 cm³/mol. The molecule has 0 aliphatic carbocycles. The molecule has 21 heavy (non-hydrogen) atoms. The second-order valence-corrected chi connectivity index (χ2v) is 4.78. The largest absolute Gasteiger partial charge is 0.480 e. The Balaban J connectivity index is 2.84. The van der Waals surface area contributed by atoms with Gasteiger partial charge in [0.25, 0.3) is 5.91 Å². The minimum absolute atomic E-state index is 0.0736. The van der Waals surface area contributed by atoms with Gasteiger partial charge in [0.2, 0.25) is 5.91 Å². The Bertz CT molecular complexity index is 562. The Morgan fingerprint density at radius 3 is 2.62 bits per heavy atom. The highest BCUT2D eigenvalue weighted by molar-refractivity contribution is 6.29. The Morgan fingerprint density at radius 1 is 1.43 bits per heavy atom. The van der Waals surface area contributed by atoms with E-state index in [0.29, 0.717) is 12.1 Å². The third-order valence-electron chi connectivity index (χ3n) is 2.75. The molecule has 1 rings (SSSR count). The summed E-state index contributed by atoms with van der Waals surface area (Å²) in [5.41, 5.74) is 5.81. The number of aliphatic carboxylic acids is 1. The van der Waals surface area contributed by atoms with Gasteiger partial charge in [0.15, 0.2) is 0 Å². The van der Waals surface area contributed by atoms with Crippen LogP contribution in [0.5, 0.6) is 0 Å². The highest BCUT2D eigenvalue weighted by atomic mass is 35.5. The number of hydrogen-bond donors (Lipinski definition) is 3. The molecule has 0 bridgehead atoms. The number of rotatable bonds is 7. The first-order valence-corrected chi connectivity index (χ1v) is 6.69. The van der Waals surface area contributed by atoms with Crippen LogP contribution in [0.1, 0.15) is 35.8 Å². The van der Waals surface area contributed by atoms with E-state index in [4.69, 9.17) is 22.4 Å². The summed E-state index contributed by atoms with van der Waals surface area (Å²) in [6.45, 7) is 1.85. The molecule has 1 aromatic rings. The van der Waals surface area contributed by atoms with Crippen molar-refractivity contribution < 1.29 is 19.5 Å². The lowest BCUT2D eigenvalue weighted by molar-refractivity contribution is -0.139. The smallest absolute Gasteiger partial charge is 0.326 e. The van der Waals surface area contributed by atoms with Crippen molar-refractivity contribution in [3.63, 3.8) is 0 Å². The number of primary amides is 1. The number of carbonyl (C=O) groups is 3. The predicted octanol–water partition coefficient (Wildman–Crippen LogP) is 0.746. The molecule has 1 aromatic heterocycles. The lowest BCUT2D eigenvalue weighted by Crippen LogP contribution is -2.41. The number of carboxylic acids is 1. The van der Waals surface area contributed by atoms with Crippen molar-refractivity contribution >= 4 is 29.4 Å². The molecule has 8 heteroatoms. The molecular weight excluding hydrogens is 298 g/mol. The summed E-state index contributed by atoms with van der Waals surface area (Å²) in [7, 11) is 0. The quantitative estimate of drug-likeness (QED) is 0.641. The van der Waals surface area contributed by atoms with Crippen LogP contribution in [0.2, 0.25) is 5.15 Å². The van der Waals surface area contributed by atoms with Crippen LogP contribution in [0.4, 0.5) is 0 Å². The van der Waals surface area contributed by atoms with Crippen LogP contribution in [-0.2, 0) is 16.0 Å². The summed E-state index contributed by atoms with van der Waals surface area (Å²) < 4.78 is 0. The zero-order chi connectivity index (χ0) is 16.0. The van der Waals surface area contributed by atoms with Crippen LogP contribution in [0, 0.1) is 0 Å². The lowest BCUT2D eigenvalue weighted by atomic mass is 10.1. The van der Waals surface area contributed by atoms with Gasteiger partial charge in [-0.1, -0.05) is 18.5 Å². The van der Waals surface area contributed by atoms with Crippen LogP contribution in [0.25, 0.3) is 0 Å². The number of hydrogen-bond acceptors (Lipinski definition) is 4. The number of nitrogens with zero attached hydrogens (tertiary/aromatic N) is 1. The van der Waals surface area contributed by atoms with Crippen molar-refractivity contribution in [3.05, 3.63) is 28.5 Å². The van der Waals surface area contributed by atoms with Crippen LogP contribution in [0.3, 0.4) is 0 Å². The molecule has 1 atom stereocenters. The maximum Gasteiger partial charge on any atom is 0.326 e. The summed E-state index contributed by atoms with van der Waals surface area (Å²) >= 11 is 5.81. The van der Waals surface area contributed by atoms with Crippen LogP contribution < -0.4 is 11.1 Å². The van der Waals surface area contributed by atoms with Crippen molar-refractivity contribution in [2.24, 2.45) is 5.73 Å². The molecule has 7 nitrogen and oxygen atoms in total. The van der Waals surface area contributed by atoms with Crippen molar-refractivity contribution in [2.45, 2.75) is 32.2 Å². The van der Waals surface area contributed by atoms with Crippen LogP contribution >= 0.6 is 11.6 Å². The number of aromatic nitrogens is 1. The second kappa shape index (κ2) is 7.58. The Morgan fingerprint density at radius 2 is 2.10 bits per heavy atom. The van der Waals surface area contributed by atoms with E-state index in [9.17, 15) is 14.4 Å². The van der Waals surface area contributed by atoms with Crippen LogP contribution in [-0.4, -0.2) is 33.9 Å². The summed E-state index contributed by atoms with van der Waals surface area (Å²) in [5.74, 6) is -2.46. The van der Waals surface area contributed by atoms with Gasteiger partial charge in [-0.15, -0.1) is 0 Å². The summed E-state index contributed by atoms with van der Waals surface area (Å²) in [6, 6.07) is 1.69. The van der Waals surface area contributed by atoms with Gasteiger partial charge in [-0.2, -0.15) is 0 Å². The molecule has 2 amide bonds. The number of pyridine rings is 1. The van der Waals surface area contributed by atoms with Gasteiger partial charge < -0.3 is 16.2 Å². The number of carboxylic acid groups (broad SMARTS) is 1. The van der Waals surface area contributed by atoms with Gasteiger partial charge in [0.05, 0.1) is 0 Å². The SMILES string of the molecule is CCc1cc(C(=O)NC(CCC(N)=O)C(=O)O)cc(Cl)n1. The molecule has 0 aromatic carbocycles. The van der Waals surface area contributed by atoms with Gasteiger partial charge in [-0.05, 0) is 25.0 Å². The monoisotopic (exact) mass is 313 g/mol. The number of nitrogens with two attached hydrogens (primary N) is 1. The molecule has 0 saturated heterocycles. The zero-order valence-electron chi connectivity index (χ0n) is 11.4. The first-order valence-electron chi connectivity index (χ1n) is 6.32. The van der Waals surface area contributed by atoms with E-state index in [-0.39, 0.29) is 23.6 Å². The van der Waals surface area contributed by atoms with Gasteiger partial charge in [-0.3, -0.25) is 9.59 Å². The maximum atomic E-state index is 12.0. The maximum absolute atomic E-state index is 12.0.